The van der Waals surface area contributed by atoms with E-state index < -0.39 is 15.1 Å². The predicted octanol–water partition coefficient (Wildman–Crippen LogP) is 7.75. The van der Waals surface area contributed by atoms with Crippen LogP contribution in [0.25, 0.3) is 21.9 Å². The van der Waals surface area contributed by atoms with Crippen molar-refractivity contribution in [2.45, 2.75) is 4.90 Å². The third-order valence-corrected chi connectivity index (χ3v) is 5.37. The first-order chi connectivity index (χ1) is 13.5. The normalized spacial score (nSPS) is 14.2. The van der Waals surface area contributed by atoms with Gasteiger partial charge in [0.15, 0.2) is 0 Å². The fraction of sp³-hybridized carbons (Fsp3) is 0. The minimum Gasteiger partial charge on any atom is -0.438 e. The van der Waals surface area contributed by atoms with Crippen molar-refractivity contribution >= 4 is 21.0 Å². The molecule has 0 fully saturated rings. The third-order valence-electron chi connectivity index (χ3n) is 4.21. The quantitative estimate of drug-likeness (QED) is 0.314. The average molecular weight is 424 g/mol. The van der Waals surface area contributed by atoms with E-state index in [0.717, 1.165) is 28.5 Å². The first kappa shape index (κ1) is 19.1. The molecular weight excluding hydrogens is 411 g/mol. The molecule has 9 heteroatoms. The molecule has 0 saturated heterocycles. The summed E-state index contributed by atoms with van der Waals surface area (Å²) < 4.78 is 69.9. The average Bonchev–Trinajstić information content (AvgIpc) is 2.67. The van der Waals surface area contributed by atoms with Gasteiger partial charge in [-0.1, -0.05) is 31.6 Å². The first-order valence-corrected chi connectivity index (χ1v) is 10.3. The van der Waals surface area contributed by atoms with Gasteiger partial charge in [-0.3, -0.25) is 4.98 Å². The number of hydrogen-bond acceptors (Lipinski definition) is 3. The third kappa shape index (κ3) is 4.14. The van der Waals surface area contributed by atoms with E-state index in [4.69, 9.17) is 4.74 Å². The van der Waals surface area contributed by atoms with Gasteiger partial charge in [0.2, 0.25) is 5.88 Å². The summed E-state index contributed by atoms with van der Waals surface area (Å²) in [5.41, 5.74) is 1.35. The van der Waals surface area contributed by atoms with E-state index in [1.807, 2.05) is 24.3 Å². The van der Waals surface area contributed by atoms with Crippen molar-refractivity contribution in [3.05, 3.63) is 79.3 Å². The SMILES string of the molecule is FS(F)(F)(F)(F)c1ccc(Oc2ncccc2-c2ccc3ccncc3c2)cc1. The van der Waals surface area contributed by atoms with Crippen LogP contribution in [0.2, 0.25) is 0 Å². The molecule has 0 N–H and O–H groups in total. The Hall–Kier alpha value is -3.20. The molecule has 2 aromatic carbocycles. The monoisotopic (exact) mass is 424 g/mol. The van der Waals surface area contributed by atoms with E-state index >= 15 is 0 Å². The van der Waals surface area contributed by atoms with Crippen LogP contribution in [0.15, 0.2) is 84.1 Å². The molecule has 29 heavy (non-hydrogen) atoms. The lowest BCUT2D eigenvalue weighted by Crippen LogP contribution is -2.05. The molecule has 2 aromatic heterocycles. The van der Waals surface area contributed by atoms with Crippen molar-refractivity contribution in [3.63, 3.8) is 0 Å². The number of nitrogens with zero attached hydrogens (tertiary/aromatic N) is 2. The number of hydrogen-bond donors (Lipinski definition) is 0. The fourth-order valence-electron chi connectivity index (χ4n) is 2.82. The van der Waals surface area contributed by atoms with Gasteiger partial charge in [0.25, 0.3) is 0 Å². The topological polar surface area (TPSA) is 35.0 Å². The van der Waals surface area contributed by atoms with Gasteiger partial charge in [-0.15, -0.1) is 0 Å². The number of benzene rings is 2. The van der Waals surface area contributed by atoms with E-state index in [-0.39, 0.29) is 11.6 Å². The summed E-state index contributed by atoms with van der Waals surface area (Å²) in [6.45, 7) is 0. The molecule has 3 nitrogen and oxygen atoms in total. The Bertz CT molecular complexity index is 1210. The molecule has 0 saturated carbocycles. The summed E-state index contributed by atoms with van der Waals surface area (Å²) in [4.78, 5) is 6.24. The standard InChI is InChI=1S/C20H13F5N2OS/c21-29(22,23,24,25)18-7-5-17(6-8-18)28-20-19(2-1-10-27-20)15-4-3-14-9-11-26-13-16(14)12-15/h1-13H. The lowest BCUT2D eigenvalue weighted by molar-refractivity contribution is 0.363. The van der Waals surface area contributed by atoms with Gasteiger partial charge in [-0.2, -0.15) is 0 Å². The Balaban J connectivity index is 1.69. The molecule has 0 aliphatic carbocycles. The first-order valence-electron chi connectivity index (χ1n) is 8.31. The Labute approximate surface area is 162 Å². The van der Waals surface area contributed by atoms with Crippen LogP contribution in [0.4, 0.5) is 19.4 Å². The Morgan fingerprint density at radius 1 is 0.759 bits per heavy atom. The van der Waals surface area contributed by atoms with E-state index in [0.29, 0.717) is 17.7 Å². The maximum absolute atomic E-state index is 12.9. The second-order valence-electron chi connectivity index (χ2n) is 6.34. The summed E-state index contributed by atoms with van der Waals surface area (Å²) in [5, 5.41) is 1.88. The molecule has 0 amide bonds. The van der Waals surface area contributed by atoms with Crippen molar-refractivity contribution in [1.82, 2.24) is 9.97 Å². The van der Waals surface area contributed by atoms with E-state index in [1.165, 1.54) is 6.20 Å². The summed E-state index contributed by atoms with van der Waals surface area (Å²) in [7, 11) is -9.72. The highest BCUT2D eigenvalue weighted by atomic mass is 32.5. The molecule has 150 valence electrons. The number of aromatic nitrogens is 2. The molecule has 0 bridgehead atoms. The zero-order chi connectivity index (χ0) is 20.8. The highest BCUT2D eigenvalue weighted by Gasteiger charge is 2.65. The van der Waals surface area contributed by atoms with Crippen molar-refractivity contribution in [2.24, 2.45) is 0 Å². The predicted molar refractivity (Wildman–Crippen MR) is 103 cm³/mol. The number of rotatable bonds is 4. The van der Waals surface area contributed by atoms with Crippen LogP contribution in [-0.2, 0) is 0 Å². The summed E-state index contributed by atoms with van der Waals surface area (Å²) >= 11 is 0. The zero-order valence-corrected chi connectivity index (χ0v) is 15.4. The van der Waals surface area contributed by atoms with Gasteiger partial charge in [0.05, 0.1) is 0 Å². The number of pyridine rings is 2. The molecule has 4 rings (SSSR count). The molecule has 0 spiro atoms. The molecule has 0 aliphatic rings. The minimum atomic E-state index is -9.72. The smallest absolute Gasteiger partial charge is 0.310 e. The highest BCUT2D eigenvalue weighted by molar-refractivity contribution is 8.45. The lowest BCUT2D eigenvalue weighted by atomic mass is 10.0. The van der Waals surface area contributed by atoms with Crippen LogP contribution in [0.3, 0.4) is 0 Å². The van der Waals surface area contributed by atoms with Gasteiger partial charge < -0.3 is 4.74 Å². The van der Waals surface area contributed by atoms with Crippen molar-refractivity contribution in [1.29, 1.82) is 0 Å². The van der Waals surface area contributed by atoms with Crippen LogP contribution in [0.1, 0.15) is 0 Å². The van der Waals surface area contributed by atoms with Crippen LogP contribution in [0.5, 0.6) is 11.6 Å². The largest absolute Gasteiger partial charge is 0.438 e. The van der Waals surface area contributed by atoms with Crippen molar-refractivity contribution < 1.29 is 24.2 Å². The second-order valence-corrected chi connectivity index (χ2v) is 8.75. The molecule has 0 atom stereocenters. The molecule has 0 unspecified atom stereocenters. The minimum absolute atomic E-state index is 0.0435. The van der Waals surface area contributed by atoms with Gasteiger partial charge >= 0.3 is 10.2 Å². The Morgan fingerprint density at radius 2 is 1.52 bits per heavy atom. The maximum atomic E-state index is 12.9. The van der Waals surface area contributed by atoms with E-state index in [9.17, 15) is 19.4 Å². The Morgan fingerprint density at radius 3 is 2.24 bits per heavy atom. The molecule has 0 aliphatic heterocycles. The molecule has 2 heterocycles. The fourth-order valence-corrected chi connectivity index (χ4v) is 3.47. The van der Waals surface area contributed by atoms with Crippen molar-refractivity contribution in [3.8, 4) is 22.8 Å². The van der Waals surface area contributed by atoms with Crippen molar-refractivity contribution in [2.75, 3.05) is 0 Å². The number of fused-ring (bicyclic) bond motifs is 1. The second kappa shape index (κ2) is 5.90. The number of halogens is 5. The van der Waals surface area contributed by atoms with Crippen LogP contribution >= 0.6 is 10.2 Å². The summed E-state index contributed by atoms with van der Waals surface area (Å²) in [6, 6.07) is 13.2. The van der Waals surface area contributed by atoms with Crippen LogP contribution in [-0.4, -0.2) is 9.97 Å². The number of ether oxygens (including phenoxy) is 1. The van der Waals surface area contributed by atoms with E-state index in [1.54, 1.807) is 24.5 Å². The summed E-state index contributed by atoms with van der Waals surface area (Å²) in [5.74, 6) is 0.0915. The summed E-state index contributed by atoms with van der Waals surface area (Å²) in [6.07, 6.45) is 4.84. The van der Waals surface area contributed by atoms with Crippen LogP contribution < -0.4 is 4.74 Å². The Kier molecular flexibility index (Phi) is 3.89. The van der Waals surface area contributed by atoms with Gasteiger partial charge in [0.1, 0.15) is 10.6 Å². The van der Waals surface area contributed by atoms with Gasteiger partial charge in [0, 0.05) is 29.5 Å². The lowest BCUT2D eigenvalue weighted by Gasteiger charge is -2.40. The zero-order valence-electron chi connectivity index (χ0n) is 14.6. The van der Waals surface area contributed by atoms with E-state index in [2.05, 4.69) is 9.97 Å². The van der Waals surface area contributed by atoms with Crippen LogP contribution in [0, 0.1) is 0 Å². The maximum Gasteiger partial charge on any atom is 0.310 e. The van der Waals surface area contributed by atoms with Gasteiger partial charge in [-0.05, 0) is 59.5 Å². The highest BCUT2D eigenvalue weighted by Crippen LogP contribution is 3.02. The van der Waals surface area contributed by atoms with Gasteiger partial charge in [-0.25, -0.2) is 4.98 Å². The molecule has 0 radical (unpaired) electrons. The molecular formula is C20H13F5N2OS. The molecule has 4 aromatic rings.